The van der Waals surface area contributed by atoms with Crippen LogP contribution in [0.5, 0.6) is 0 Å². The number of aromatic carboxylic acids is 1. The summed E-state index contributed by atoms with van der Waals surface area (Å²) < 4.78 is 29.2. The number of hydrogen-bond donors (Lipinski definition) is 3. The van der Waals surface area contributed by atoms with Crippen molar-refractivity contribution in [1.82, 2.24) is 5.43 Å². The molecule has 0 bridgehead atoms. The van der Waals surface area contributed by atoms with Crippen molar-refractivity contribution in [2.75, 3.05) is 0 Å². The lowest BCUT2D eigenvalue weighted by Crippen LogP contribution is -2.26. The summed E-state index contributed by atoms with van der Waals surface area (Å²) in [6.45, 7) is 1.88. The highest BCUT2D eigenvalue weighted by atomic mass is 32.2. The Morgan fingerprint density at radius 2 is 1.65 bits per heavy atom. The molecule has 0 saturated heterocycles. The average molecular weight is 337 g/mol. The van der Waals surface area contributed by atoms with Gasteiger partial charge in [0.05, 0.1) is 10.9 Å². The lowest BCUT2D eigenvalue weighted by molar-refractivity contribution is -0.255. The van der Waals surface area contributed by atoms with Gasteiger partial charge in [0.1, 0.15) is 0 Å². The Bertz CT molecular complexity index is 730. The molecule has 1 atom stereocenters. The number of carboxylic acid groups (broad SMARTS) is 1. The summed E-state index contributed by atoms with van der Waals surface area (Å²) in [5.74, 6) is 4.06. The molecule has 23 heavy (non-hydrogen) atoms. The SMILES string of the molecule is CC(NN)c1ccc(C(=O)[O-])cc1.O=S(=O)(O)c1ccccc1. The molecule has 2 aromatic rings. The van der Waals surface area contributed by atoms with E-state index in [0.717, 1.165) is 5.56 Å². The van der Waals surface area contributed by atoms with Gasteiger partial charge in [-0.15, -0.1) is 0 Å². The van der Waals surface area contributed by atoms with Crippen LogP contribution >= 0.6 is 0 Å². The quantitative estimate of drug-likeness (QED) is 0.420. The minimum Gasteiger partial charge on any atom is -0.545 e. The molecule has 0 spiro atoms. The minimum absolute atomic E-state index is 0.0100. The van der Waals surface area contributed by atoms with Gasteiger partial charge in [0.15, 0.2) is 0 Å². The van der Waals surface area contributed by atoms with E-state index >= 15 is 0 Å². The lowest BCUT2D eigenvalue weighted by Gasteiger charge is -2.10. The van der Waals surface area contributed by atoms with Crippen LogP contribution in [0, 0.1) is 0 Å². The van der Waals surface area contributed by atoms with Gasteiger partial charge in [-0.3, -0.25) is 15.8 Å². The van der Waals surface area contributed by atoms with Crippen molar-refractivity contribution in [2.24, 2.45) is 5.84 Å². The Balaban J connectivity index is 0.000000238. The molecular weight excluding hydrogens is 320 g/mol. The zero-order valence-corrected chi connectivity index (χ0v) is 13.2. The van der Waals surface area contributed by atoms with Crippen LogP contribution in [0.1, 0.15) is 28.9 Å². The molecule has 0 aliphatic rings. The highest BCUT2D eigenvalue weighted by Crippen LogP contribution is 2.11. The fourth-order valence-corrected chi connectivity index (χ4v) is 2.10. The number of carboxylic acids is 1. The molecule has 0 radical (unpaired) electrons. The van der Waals surface area contributed by atoms with Crippen molar-refractivity contribution in [3.63, 3.8) is 0 Å². The number of carbonyl (C=O) groups excluding carboxylic acids is 1. The van der Waals surface area contributed by atoms with Gasteiger partial charge in [-0.2, -0.15) is 8.42 Å². The summed E-state index contributed by atoms with van der Waals surface area (Å²) in [4.78, 5) is 10.3. The van der Waals surface area contributed by atoms with E-state index in [4.69, 9.17) is 10.4 Å². The molecule has 0 aliphatic heterocycles. The number of hydrogen-bond acceptors (Lipinski definition) is 6. The van der Waals surface area contributed by atoms with Crippen LogP contribution in [0.3, 0.4) is 0 Å². The maximum Gasteiger partial charge on any atom is 0.294 e. The largest absolute Gasteiger partial charge is 0.545 e. The first kappa shape index (κ1) is 18.8. The van der Waals surface area contributed by atoms with Gasteiger partial charge in [0, 0.05) is 6.04 Å². The predicted octanol–water partition coefficient (Wildman–Crippen LogP) is 0.508. The van der Waals surface area contributed by atoms with Crippen LogP contribution in [-0.2, 0) is 10.1 Å². The maximum absolute atomic E-state index is 10.4. The van der Waals surface area contributed by atoms with E-state index in [0.29, 0.717) is 0 Å². The Kier molecular flexibility index (Phi) is 6.86. The zero-order chi connectivity index (χ0) is 17.5. The summed E-state index contributed by atoms with van der Waals surface area (Å²) in [5.41, 5.74) is 3.68. The Morgan fingerprint density at radius 3 is 2.00 bits per heavy atom. The van der Waals surface area contributed by atoms with Crippen molar-refractivity contribution < 1.29 is 22.9 Å². The first-order valence-electron chi connectivity index (χ1n) is 6.55. The van der Waals surface area contributed by atoms with E-state index in [1.807, 2.05) is 6.92 Å². The topological polar surface area (TPSA) is 133 Å². The molecule has 0 aromatic heterocycles. The van der Waals surface area contributed by atoms with Crippen LogP contribution in [0.2, 0.25) is 0 Å². The highest BCUT2D eigenvalue weighted by molar-refractivity contribution is 7.85. The van der Waals surface area contributed by atoms with Gasteiger partial charge in [0.2, 0.25) is 0 Å². The number of nitrogens with two attached hydrogens (primary N) is 1. The molecule has 2 rings (SSSR count). The number of hydrazine groups is 1. The smallest absolute Gasteiger partial charge is 0.294 e. The lowest BCUT2D eigenvalue weighted by atomic mass is 10.1. The molecular formula is C15H17N2O5S-. The van der Waals surface area contributed by atoms with Crippen molar-refractivity contribution in [2.45, 2.75) is 17.9 Å². The van der Waals surface area contributed by atoms with Crippen LogP contribution in [0.4, 0.5) is 0 Å². The maximum atomic E-state index is 10.4. The summed E-state index contributed by atoms with van der Waals surface area (Å²) in [6, 6.07) is 13.8. The second-order valence-electron chi connectivity index (χ2n) is 4.59. The van der Waals surface area contributed by atoms with Gasteiger partial charge < -0.3 is 9.90 Å². The molecule has 0 saturated carbocycles. The van der Waals surface area contributed by atoms with E-state index in [2.05, 4.69) is 5.43 Å². The van der Waals surface area contributed by atoms with E-state index in [1.165, 1.54) is 24.3 Å². The standard InChI is InChI=1S/C9H12N2O2.C6H6O3S/c1-6(11-10)7-2-4-8(5-3-7)9(12)13;7-10(8,9)6-4-2-1-3-5-6/h2-6,11H,10H2,1H3,(H,12,13);1-5H,(H,7,8,9)/p-1. The first-order valence-corrected chi connectivity index (χ1v) is 7.99. The van der Waals surface area contributed by atoms with Crippen molar-refractivity contribution in [1.29, 1.82) is 0 Å². The molecule has 7 nitrogen and oxygen atoms in total. The second-order valence-corrected chi connectivity index (χ2v) is 6.01. The number of benzene rings is 2. The van der Waals surface area contributed by atoms with Crippen molar-refractivity contribution in [3.05, 3.63) is 65.7 Å². The summed E-state index contributed by atoms with van der Waals surface area (Å²) in [6.07, 6.45) is 0. The van der Waals surface area contributed by atoms with E-state index in [-0.39, 0.29) is 16.5 Å². The Labute approximate surface area is 134 Å². The number of nitrogens with one attached hydrogen (secondary N) is 1. The van der Waals surface area contributed by atoms with Crippen LogP contribution in [0.25, 0.3) is 0 Å². The normalized spacial score (nSPS) is 12.0. The van der Waals surface area contributed by atoms with Gasteiger partial charge in [-0.1, -0.05) is 42.5 Å². The minimum atomic E-state index is -4.00. The fraction of sp³-hybridized carbons (Fsp3) is 0.133. The molecule has 0 aliphatic carbocycles. The number of carbonyl (C=O) groups is 1. The van der Waals surface area contributed by atoms with Crippen molar-refractivity contribution >= 4 is 16.1 Å². The van der Waals surface area contributed by atoms with Crippen LogP contribution < -0.4 is 16.4 Å². The zero-order valence-electron chi connectivity index (χ0n) is 12.3. The molecule has 0 heterocycles. The summed E-state index contributed by atoms with van der Waals surface area (Å²) >= 11 is 0. The Hall–Kier alpha value is -2.26. The van der Waals surface area contributed by atoms with Gasteiger partial charge in [-0.05, 0) is 30.2 Å². The first-order chi connectivity index (χ1) is 10.8. The molecule has 1 unspecified atom stereocenters. The van der Waals surface area contributed by atoms with Gasteiger partial charge >= 0.3 is 0 Å². The summed E-state index contributed by atoms with van der Waals surface area (Å²) in [5, 5.41) is 10.4. The third-order valence-corrected chi connectivity index (χ3v) is 3.81. The van der Waals surface area contributed by atoms with Crippen LogP contribution in [-0.4, -0.2) is 18.9 Å². The second kappa shape index (κ2) is 8.39. The van der Waals surface area contributed by atoms with Crippen molar-refractivity contribution in [3.8, 4) is 0 Å². The third kappa shape index (κ3) is 6.17. The molecule has 8 heteroatoms. The van der Waals surface area contributed by atoms with Gasteiger partial charge in [0.25, 0.3) is 10.1 Å². The van der Waals surface area contributed by atoms with Crippen LogP contribution in [0.15, 0.2) is 59.5 Å². The monoisotopic (exact) mass is 337 g/mol. The predicted molar refractivity (Wildman–Crippen MR) is 82.8 cm³/mol. The molecule has 124 valence electrons. The van der Waals surface area contributed by atoms with E-state index < -0.39 is 16.1 Å². The molecule has 4 N–H and O–H groups in total. The molecule has 2 aromatic carbocycles. The van der Waals surface area contributed by atoms with E-state index in [1.54, 1.807) is 30.3 Å². The molecule has 0 amide bonds. The third-order valence-electron chi connectivity index (χ3n) is 2.94. The van der Waals surface area contributed by atoms with Gasteiger partial charge in [-0.25, -0.2) is 0 Å². The van der Waals surface area contributed by atoms with E-state index in [9.17, 15) is 18.3 Å². The fourth-order valence-electron chi connectivity index (χ4n) is 1.60. The summed E-state index contributed by atoms with van der Waals surface area (Å²) in [7, 11) is -4.00. The number of rotatable bonds is 4. The molecule has 0 fully saturated rings. The average Bonchev–Trinajstić information content (AvgIpc) is 2.55. The highest BCUT2D eigenvalue weighted by Gasteiger charge is 2.05. The Morgan fingerprint density at radius 1 is 1.13 bits per heavy atom.